The molecule has 0 aromatic carbocycles. The summed E-state index contributed by atoms with van der Waals surface area (Å²) in [6.45, 7) is 16.1. The van der Waals surface area contributed by atoms with Crippen molar-refractivity contribution in [3.8, 4) is 0 Å². The molecule has 2 fully saturated rings. The molecule has 20 heavy (non-hydrogen) atoms. The van der Waals surface area contributed by atoms with Gasteiger partial charge < -0.3 is 10.1 Å². The van der Waals surface area contributed by atoms with Crippen LogP contribution in [0, 0.1) is 11.8 Å². The fraction of sp³-hybridized carbons (Fsp3) is 1.00. The third-order valence-corrected chi connectivity index (χ3v) is 5.72. The van der Waals surface area contributed by atoms with Gasteiger partial charge in [0, 0.05) is 43.9 Å². The minimum absolute atomic E-state index is 0.283. The molecular weight excluding hydrogens is 248 g/mol. The number of rotatable bonds is 4. The van der Waals surface area contributed by atoms with Crippen LogP contribution in [0.5, 0.6) is 0 Å². The van der Waals surface area contributed by atoms with E-state index in [0.717, 1.165) is 25.7 Å². The van der Waals surface area contributed by atoms with Gasteiger partial charge in [0.1, 0.15) is 0 Å². The summed E-state index contributed by atoms with van der Waals surface area (Å²) in [6, 6.07) is 1.35. The summed E-state index contributed by atoms with van der Waals surface area (Å²) in [5, 5.41) is 3.80. The highest BCUT2D eigenvalue weighted by molar-refractivity contribution is 4.98. The third kappa shape index (κ3) is 3.55. The lowest BCUT2D eigenvalue weighted by molar-refractivity contribution is -0.0207. The summed E-state index contributed by atoms with van der Waals surface area (Å²) in [4.78, 5) is 2.81. The van der Waals surface area contributed by atoms with Crippen molar-refractivity contribution in [2.45, 2.75) is 71.5 Å². The van der Waals surface area contributed by atoms with Crippen LogP contribution in [0.25, 0.3) is 0 Å². The molecule has 2 aliphatic rings. The molecule has 1 N–H and O–H groups in total. The van der Waals surface area contributed by atoms with E-state index >= 15 is 0 Å². The molecular formula is C17H34N2O. The lowest BCUT2D eigenvalue weighted by Gasteiger charge is -2.51. The number of hydrogen-bond acceptors (Lipinski definition) is 3. The second-order valence-electron chi connectivity index (χ2n) is 7.47. The van der Waals surface area contributed by atoms with Crippen molar-refractivity contribution in [2.75, 3.05) is 26.3 Å². The van der Waals surface area contributed by atoms with Crippen molar-refractivity contribution in [3.05, 3.63) is 0 Å². The molecule has 2 heterocycles. The van der Waals surface area contributed by atoms with Crippen LogP contribution in [0.4, 0.5) is 0 Å². The van der Waals surface area contributed by atoms with Crippen molar-refractivity contribution in [1.82, 2.24) is 10.2 Å². The molecule has 0 aromatic heterocycles. The Morgan fingerprint density at radius 1 is 1.25 bits per heavy atom. The summed E-state index contributed by atoms with van der Waals surface area (Å²) in [6.07, 6.45) is 3.67. The smallest absolute Gasteiger partial charge is 0.0469 e. The van der Waals surface area contributed by atoms with E-state index in [4.69, 9.17) is 4.74 Å². The van der Waals surface area contributed by atoms with Gasteiger partial charge in [-0.2, -0.15) is 0 Å². The number of nitrogens with zero attached hydrogens (tertiary/aromatic N) is 1. The van der Waals surface area contributed by atoms with Gasteiger partial charge in [0.15, 0.2) is 0 Å². The van der Waals surface area contributed by atoms with Crippen LogP contribution in [-0.4, -0.2) is 48.8 Å². The second kappa shape index (κ2) is 6.76. The zero-order valence-electron chi connectivity index (χ0n) is 14.1. The van der Waals surface area contributed by atoms with Crippen LogP contribution in [0.1, 0.15) is 53.9 Å². The van der Waals surface area contributed by atoms with Gasteiger partial charge in [-0.25, -0.2) is 0 Å². The molecule has 3 heteroatoms. The summed E-state index contributed by atoms with van der Waals surface area (Å²) in [5.74, 6) is 1.52. The lowest BCUT2D eigenvalue weighted by atomic mass is 9.84. The van der Waals surface area contributed by atoms with Gasteiger partial charge in [-0.1, -0.05) is 20.8 Å². The van der Waals surface area contributed by atoms with Crippen molar-refractivity contribution in [2.24, 2.45) is 11.8 Å². The van der Waals surface area contributed by atoms with Crippen LogP contribution in [0.15, 0.2) is 0 Å². The Hall–Kier alpha value is -0.120. The van der Waals surface area contributed by atoms with Crippen LogP contribution < -0.4 is 5.32 Å². The fourth-order valence-corrected chi connectivity index (χ4v) is 3.81. The minimum Gasteiger partial charge on any atom is -0.381 e. The third-order valence-electron chi connectivity index (χ3n) is 5.72. The largest absolute Gasteiger partial charge is 0.381 e. The molecule has 0 radical (unpaired) electrons. The maximum Gasteiger partial charge on any atom is 0.0469 e. The van der Waals surface area contributed by atoms with E-state index in [0.29, 0.717) is 18.0 Å². The average molecular weight is 282 g/mol. The molecule has 118 valence electrons. The first kappa shape index (κ1) is 16.3. The second-order valence-corrected chi connectivity index (χ2v) is 7.47. The quantitative estimate of drug-likeness (QED) is 0.858. The molecule has 0 aliphatic carbocycles. The predicted molar refractivity (Wildman–Crippen MR) is 85.0 cm³/mol. The van der Waals surface area contributed by atoms with Gasteiger partial charge in [-0.3, -0.25) is 4.90 Å². The molecule has 3 unspecified atom stereocenters. The Morgan fingerprint density at radius 2 is 1.90 bits per heavy atom. The minimum atomic E-state index is 0.283. The lowest BCUT2D eigenvalue weighted by Crippen LogP contribution is -2.66. The number of nitrogens with one attached hydrogen (secondary N) is 1. The SMILES string of the molecule is CCC1(C)CN(C(C)C2CCOCC2)C(C(C)C)CN1. The first-order chi connectivity index (χ1) is 9.47. The Balaban J connectivity index is 2.09. The molecule has 3 nitrogen and oxygen atoms in total. The van der Waals surface area contributed by atoms with Crippen LogP contribution in [0.2, 0.25) is 0 Å². The number of hydrogen-bond donors (Lipinski definition) is 1. The molecule has 0 bridgehead atoms. The van der Waals surface area contributed by atoms with E-state index in [9.17, 15) is 0 Å². The zero-order valence-corrected chi connectivity index (χ0v) is 14.1. The molecule has 0 spiro atoms. The average Bonchev–Trinajstić information content (AvgIpc) is 2.47. The molecule has 0 aromatic rings. The molecule has 0 amide bonds. The molecule has 2 rings (SSSR count). The summed E-state index contributed by atoms with van der Waals surface area (Å²) < 4.78 is 5.54. The molecule has 0 saturated carbocycles. The van der Waals surface area contributed by atoms with E-state index in [1.54, 1.807) is 0 Å². The standard InChI is InChI=1S/C17H34N2O/c1-6-17(5)12-19(16(11-18-17)13(2)3)14(4)15-7-9-20-10-8-15/h13-16,18H,6-12H2,1-5H3. The van der Waals surface area contributed by atoms with Crippen LogP contribution >= 0.6 is 0 Å². The Labute approximate surface area is 125 Å². The highest BCUT2D eigenvalue weighted by atomic mass is 16.5. The number of ether oxygens (including phenoxy) is 1. The van der Waals surface area contributed by atoms with Crippen molar-refractivity contribution < 1.29 is 4.74 Å². The summed E-state index contributed by atoms with van der Waals surface area (Å²) in [5.41, 5.74) is 0.283. The van der Waals surface area contributed by atoms with E-state index in [-0.39, 0.29) is 5.54 Å². The predicted octanol–water partition coefficient (Wildman–Crippen LogP) is 2.90. The summed E-state index contributed by atoms with van der Waals surface area (Å²) >= 11 is 0. The van der Waals surface area contributed by atoms with Crippen LogP contribution in [-0.2, 0) is 4.74 Å². The van der Waals surface area contributed by atoms with Crippen LogP contribution in [0.3, 0.4) is 0 Å². The Kier molecular flexibility index (Phi) is 5.49. The van der Waals surface area contributed by atoms with E-state index in [1.807, 2.05) is 0 Å². The maximum atomic E-state index is 5.54. The van der Waals surface area contributed by atoms with E-state index in [2.05, 4.69) is 44.8 Å². The highest BCUT2D eigenvalue weighted by Gasteiger charge is 2.39. The topological polar surface area (TPSA) is 24.5 Å². The van der Waals surface area contributed by atoms with E-state index in [1.165, 1.54) is 25.8 Å². The molecule has 3 atom stereocenters. The van der Waals surface area contributed by atoms with E-state index < -0.39 is 0 Å². The van der Waals surface area contributed by atoms with Gasteiger partial charge in [0.25, 0.3) is 0 Å². The highest BCUT2D eigenvalue weighted by Crippen LogP contribution is 2.30. The maximum absolute atomic E-state index is 5.54. The van der Waals surface area contributed by atoms with Crippen molar-refractivity contribution >= 4 is 0 Å². The summed E-state index contributed by atoms with van der Waals surface area (Å²) in [7, 11) is 0. The zero-order chi connectivity index (χ0) is 14.8. The molecule has 2 aliphatic heterocycles. The first-order valence-corrected chi connectivity index (χ1v) is 8.55. The van der Waals surface area contributed by atoms with Gasteiger partial charge in [-0.15, -0.1) is 0 Å². The van der Waals surface area contributed by atoms with Gasteiger partial charge in [0.05, 0.1) is 0 Å². The van der Waals surface area contributed by atoms with Crippen molar-refractivity contribution in [3.63, 3.8) is 0 Å². The fourth-order valence-electron chi connectivity index (χ4n) is 3.81. The van der Waals surface area contributed by atoms with Gasteiger partial charge >= 0.3 is 0 Å². The van der Waals surface area contributed by atoms with Crippen molar-refractivity contribution in [1.29, 1.82) is 0 Å². The molecule has 2 saturated heterocycles. The Morgan fingerprint density at radius 3 is 2.45 bits per heavy atom. The monoisotopic (exact) mass is 282 g/mol. The normalized spacial score (nSPS) is 35.4. The first-order valence-electron chi connectivity index (χ1n) is 8.55. The van der Waals surface area contributed by atoms with Gasteiger partial charge in [-0.05, 0) is 44.9 Å². The van der Waals surface area contributed by atoms with Gasteiger partial charge in [0.2, 0.25) is 0 Å². The Bertz CT molecular complexity index is 301. The number of piperazine rings is 1.